The number of likely N-dealkylation sites (tertiary alicyclic amines) is 2. The molecule has 4 heterocycles. The molecule has 27 heavy (non-hydrogen) atoms. The van der Waals surface area contributed by atoms with Crippen LogP contribution in [-0.2, 0) is 17.8 Å². The van der Waals surface area contributed by atoms with Crippen molar-refractivity contribution in [2.24, 2.45) is 0 Å². The first-order chi connectivity index (χ1) is 13.2. The molecule has 3 aliphatic heterocycles. The Morgan fingerprint density at radius 1 is 1.26 bits per heavy atom. The number of hydrogen-bond donors (Lipinski definition) is 1. The monoisotopic (exact) mass is 371 g/mol. The Hall–Kier alpha value is -1.53. The van der Waals surface area contributed by atoms with Crippen molar-refractivity contribution in [1.29, 1.82) is 0 Å². The molecular formula is C21H33N5O. The van der Waals surface area contributed by atoms with E-state index in [4.69, 9.17) is 4.98 Å². The summed E-state index contributed by atoms with van der Waals surface area (Å²) in [6.07, 6.45) is 10.0. The van der Waals surface area contributed by atoms with Crippen molar-refractivity contribution in [2.45, 2.75) is 70.4 Å². The lowest BCUT2D eigenvalue weighted by Crippen LogP contribution is -2.48. The molecule has 1 N–H and O–H groups in total. The predicted molar refractivity (Wildman–Crippen MR) is 106 cm³/mol. The maximum Gasteiger partial charge on any atom is 0.236 e. The van der Waals surface area contributed by atoms with Gasteiger partial charge in [-0.15, -0.1) is 0 Å². The molecule has 0 radical (unpaired) electrons. The highest BCUT2D eigenvalue weighted by molar-refractivity contribution is 5.78. The Bertz CT molecular complexity index is 664. The van der Waals surface area contributed by atoms with Crippen molar-refractivity contribution in [3.63, 3.8) is 0 Å². The van der Waals surface area contributed by atoms with E-state index < -0.39 is 0 Å². The second-order valence-electron chi connectivity index (χ2n) is 8.33. The van der Waals surface area contributed by atoms with Gasteiger partial charge < -0.3 is 10.2 Å². The fraction of sp³-hybridized carbons (Fsp3) is 0.762. The van der Waals surface area contributed by atoms with Crippen LogP contribution in [0.2, 0.25) is 0 Å². The van der Waals surface area contributed by atoms with Crippen LogP contribution < -0.4 is 5.32 Å². The van der Waals surface area contributed by atoms with E-state index >= 15 is 0 Å². The van der Waals surface area contributed by atoms with E-state index in [1.54, 1.807) is 0 Å². The van der Waals surface area contributed by atoms with Crippen LogP contribution in [0.25, 0.3) is 0 Å². The van der Waals surface area contributed by atoms with Gasteiger partial charge in [-0.25, -0.2) is 9.97 Å². The molecule has 1 aromatic heterocycles. The van der Waals surface area contributed by atoms with Crippen molar-refractivity contribution in [2.75, 3.05) is 32.7 Å². The van der Waals surface area contributed by atoms with Crippen molar-refractivity contribution >= 4 is 5.91 Å². The maximum atomic E-state index is 13.0. The molecule has 2 fully saturated rings. The molecule has 0 aliphatic carbocycles. The van der Waals surface area contributed by atoms with Crippen LogP contribution in [0.15, 0.2) is 6.20 Å². The van der Waals surface area contributed by atoms with Crippen LogP contribution >= 0.6 is 0 Å². The number of carbonyl (C=O) groups is 1. The molecule has 0 bridgehead atoms. The molecule has 4 rings (SSSR count). The van der Waals surface area contributed by atoms with Gasteiger partial charge in [0.1, 0.15) is 5.82 Å². The first kappa shape index (κ1) is 18.8. The van der Waals surface area contributed by atoms with Crippen LogP contribution in [-0.4, -0.2) is 64.4 Å². The summed E-state index contributed by atoms with van der Waals surface area (Å²) in [6, 6.07) is 0.584. The molecule has 6 nitrogen and oxygen atoms in total. The molecule has 2 atom stereocenters. The summed E-state index contributed by atoms with van der Waals surface area (Å²) in [5.41, 5.74) is 2.42. The fourth-order valence-corrected chi connectivity index (χ4v) is 4.87. The number of aromatic nitrogens is 2. The van der Waals surface area contributed by atoms with Gasteiger partial charge in [0.15, 0.2) is 0 Å². The van der Waals surface area contributed by atoms with Crippen LogP contribution in [0, 0.1) is 0 Å². The predicted octanol–water partition coefficient (Wildman–Crippen LogP) is 2.09. The zero-order chi connectivity index (χ0) is 18.6. The zero-order valence-corrected chi connectivity index (χ0v) is 16.6. The normalized spacial score (nSPS) is 26.6. The number of hydrogen-bond acceptors (Lipinski definition) is 5. The molecule has 148 valence electrons. The lowest BCUT2D eigenvalue weighted by molar-refractivity contribution is -0.134. The van der Waals surface area contributed by atoms with Crippen LogP contribution in [0.4, 0.5) is 0 Å². The van der Waals surface area contributed by atoms with Crippen LogP contribution in [0.1, 0.15) is 68.4 Å². The Morgan fingerprint density at radius 3 is 3.07 bits per heavy atom. The van der Waals surface area contributed by atoms with Gasteiger partial charge in [0.25, 0.3) is 0 Å². The Morgan fingerprint density at radius 2 is 2.19 bits per heavy atom. The highest BCUT2D eigenvalue weighted by Gasteiger charge is 2.30. The SMILES string of the molecule is CC[C@H]1CCCCN1CC(=O)N1CCC[C@@H](c2ncc3c(n2)CCNC3)C1. The molecule has 0 aromatic carbocycles. The number of nitrogens with one attached hydrogen (secondary N) is 1. The second-order valence-corrected chi connectivity index (χ2v) is 8.33. The summed E-state index contributed by atoms with van der Waals surface area (Å²) < 4.78 is 0. The third kappa shape index (κ3) is 4.32. The molecule has 1 amide bonds. The van der Waals surface area contributed by atoms with Gasteiger partial charge >= 0.3 is 0 Å². The van der Waals surface area contributed by atoms with Gasteiger partial charge in [0, 0.05) is 62.0 Å². The van der Waals surface area contributed by atoms with E-state index in [9.17, 15) is 4.79 Å². The standard InChI is InChI=1S/C21H33N5O/c1-2-18-7-3-4-10-25(18)15-20(27)26-11-5-6-16(14-26)21-23-13-17-12-22-9-8-19(17)24-21/h13,16,18,22H,2-12,14-15H2,1H3/t16-,18+/m1/s1. The van der Waals surface area contributed by atoms with E-state index in [2.05, 4.69) is 27.0 Å². The lowest BCUT2D eigenvalue weighted by atomic mass is 9.96. The van der Waals surface area contributed by atoms with Gasteiger partial charge in [-0.05, 0) is 38.6 Å². The smallest absolute Gasteiger partial charge is 0.236 e. The Kier molecular flexibility index (Phi) is 6.03. The van der Waals surface area contributed by atoms with E-state index in [0.29, 0.717) is 18.5 Å². The summed E-state index contributed by atoms with van der Waals surface area (Å²) in [5.74, 6) is 1.52. The van der Waals surface area contributed by atoms with Gasteiger partial charge in [0.05, 0.1) is 6.54 Å². The summed E-state index contributed by atoms with van der Waals surface area (Å²) >= 11 is 0. The van der Waals surface area contributed by atoms with Gasteiger partial charge in [-0.1, -0.05) is 13.3 Å². The largest absolute Gasteiger partial charge is 0.341 e. The summed E-state index contributed by atoms with van der Waals surface area (Å²) in [5, 5.41) is 3.37. The maximum absolute atomic E-state index is 13.0. The van der Waals surface area contributed by atoms with E-state index in [0.717, 1.165) is 64.2 Å². The van der Waals surface area contributed by atoms with Crippen molar-refractivity contribution in [1.82, 2.24) is 25.1 Å². The first-order valence-electron chi connectivity index (χ1n) is 10.8. The van der Waals surface area contributed by atoms with E-state index in [1.807, 2.05) is 6.20 Å². The number of amides is 1. The number of piperidine rings is 2. The third-order valence-electron chi connectivity index (χ3n) is 6.52. The van der Waals surface area contributed by atoms with E-state index in [1.165, 1.54) is 30.5 Å². The van der Waals surface area contributed by atoms with Crippen molar-refractivity contribution in [3.8, 4) is 0 Å². The number of carbonyl (C=O) groups excluding carboxylic acids is 1. The highest BCUT2D eigenvalue weighted by Crippen LogP contribution is 2.26. The molecule has 1 aromatic rings. The molecule has 0 unspecified atom stereocenters. The van der Waals surface area contributed by atoms with Gasteiger partial charge in [0.2, 0.25) is 5.91 Å². The molecule has 2 saturated heterocycles. The molecular weight excluding hydrogens is 338 g/mol. The zero-order valence-electron chi connectivity index (χ0n) is 16.6. The Labute approximate surface area is 162 Å². The minimum atomic E-state index is 0.284. The van der Waals surface area contributed by atoms with Crippen LogP contribution in [0.5, 0.6) is 0 Å². The summed E-state index contributed by atoms with van der Waals surface area (Å²) in [7, 11) is 0. The summed E-state index contributed by atoms with van der Waals surface area (Å²) in [4.78, 5) is 27.0. The number of fused-ring (bicyclic) bond motifs is 1. The average molecular weight is 372 g/mol. The molecule has 6 heteroatoms. The minimum Gasteiger partial charge on any atom is -0.341 e. The van der Waals surface area contributed by atoms with Gasteiger partial charge in [-0.3, -0.25) is 9.69 Å². The number of rotatable bonds is 4. The van der Waals surface area contributed by atoms with Gasteiger partial charge in [-0.2, -0.15) is 0 Å². The molecule has 0 spiro atoms. The average Bonchev–Trinajstić information content (AvgIpc) is 2.74. The van der Waals surface area contributed by atoms with Crippen LogP contribution in [0.3, 0.4) is 0 Å². The lowest BCUT2D eigenvalue weighted by Gasteiger charge is -2.38. The number of nitrogens with zero attached hydrogens (tertiary/aromatic N) is 4. The molecule has 0 saturated carbocycles. The van der Waals surface area contributed by atoms with E-state index in [-0.39, 0.29) is 5.92 Å². The fourth-order valence-electron chi connectivity index (χ4n) is 4.87. The Balaban J connectivity index is 1.39. The second kappa shape index (κ2) is 8.65. The molecule has 3 aliphatic rings. The third-order valence-corrected chi connectivity index (χ3v) is 6.52. The quantitative estimate of drug-likeness (QED) is 0.878. The summed E-state index contributed by atoms with van der Waals surface area (Å²) in [6.45, 7) is 7.43. The first-order valence-corrected chi connectivity index (χ1v) is 10.8. The van der Waals surface area contributed by atoms with Crippen molar-refractivity contribution < 1.29 is 4.79 Å². The minimum absolute atomic E-state index is 0.284. The topological polar surface area (TPSA) is 61.4 Å². The van der Waals surface area contributed by atoms with Crippen molar-refractivity contribution in [3.05, 3.63) is 23.3 Å². The highest BCUT2D eigenvalue weighted by atomic mass is 16.2.